The number of aromatic nitrogens is 2. The molecule has 1 aromatic rings. The number of fused-ring (bicyclic) bond motifs is 1. The summed E-state index contributed by atoms with van der Waals surface area (Å²) in [7, 11) is -3.31. The molecule has 6 heteroatoms. The van der Waals surface area contributed by atoms with E-state index in [-0.39, 0.29) is 10.4 Å². The summed E-state index contributed by atoms with van der Waals surface area (Å²) < 4.78 is 24.6. The molecule has 0 spiro atoms. The lowest BCUT2D eigenvalue weighted by atomic mass is 10.3. The van der Waals surface area contributed by atoms with Gasteiger partial charge in [0.25, 0.3) is 0 Å². The summed E-state index contributed by atoms with van der Waals surface area (Å²) in [5, 5.41) is 2.89. The number of sulfone groups is 1. The third-order valence-electron chi connectivity index (χ3n) is 3.54. The van der Waals surface area contributed by atoms with Crippen molar-refractivity contribution >= 4 is 9.84 Å². The van der Waals surface area contributed by atoms with Gasteiger partial charge in [-0.05, 0) is 12.8 Å². The molecule has 0 unspecified atom stereocenters. The molecule has 17 heavy (non-hydrogen) atoms. The standard InChI is InChI=1S/C11H15N3O2S/c15-17(16,9-3-1-2-4-9)11-13-6-8-5-12-7-10(8)14-11/h6,9,12H,1-5,7H2. The van der Waals surface area contributed by atoms with Crippen molar-refractivity contribution in [3.63, 3.8) is 0 Å². The third kappa shape index (κ3) is 1.85. The average molecular weight is 253 g/mol. The first-order valence-electron chi connectivity index (χ1n) is 5.97. The Kier molecular flexibility index (Phi) is 2.63. The maximum Gasteiger partial charge on any atom is 0.247 e. The lowest BCUT2D eigenvalue weighted by Gasteiger charge is -2.09. The molecule has 0 amide bonds. The summed E-state index contributed by atoms with van der Waals surface area (Å²) in [6.07, 6.45) is 5.14. The lowest BCUT2D eigenvalue weighted by molar-refractivity contribution is 0.569. The SMILES string of the molecule is O=S(=O)(c1ncc2c(n1)CNC2)C1CCCC1. The smallest absolute Gasteiger partial charge is 0.247 e. The Hall–Kier alpha value is -1.01. The van der Waals surface area contributed by atoms with E-state index in [1.807, 2.05) is 0 Å². The van der Waals surface area contributed by atoms with E-state index in [1.54, 1.807) is 6.20 Å². The van der Waals surface area contributed by atoms with Gasteiger partial charge < -0.3 is 5.32 Å². The van der Waals surface area contributed by atoms with E-state index in [4.69, 9.17) is 0 Å². The van der Waals surface area contributed by atoms with Crippen molar-refractivity contribution in [3.8, 4) is 0 Å². The van der Waals surface area contributed by atoms with Crippen molar-refractivity contribution in [2.75, 3.05) is 0 Å². The van der Waals surface area contributed by atoms with Gasteiger partial charge >= 0.3 is 0 Å². The molecule has 92 valence electrons. The number of rotatable bonds is 2. The van der Waals surface area contributed by atoms with Gasteiger partial charge in [0.1, 0.15) is 0 Å². The number of nitrogens with one attached hydrogen (secondary N) is 1. The van der Waals surface area contributed by atoms with Crippen LogP contribution in [0.4, 0.5) is 0 Å². The molecule has 2 heterocycles. The van der Waals surface area contributed by atoms with E-state index in [2.05, 4.69) is 15.3 Å². The van der Waals surface area contributed by atoms with Gasteiger partial charge in [0.2, 0.25) is 15.0 Å². The van der Waals surface area contributed by atoms with Crippen LogP contribution in [0.5, 0.6) is 0 Å². The summed E-state index contributed by atoms with van der Waals surface area (Å²) in [6, 6.07) is 0. The van der Waals surface area contributed by atoms with Gasteiger partial charge in [0, 0.05) is 24.8 Å². The van der Waals surface area contributed by atoms with Crippen LogP contribution < -0.4 is 5.32 Å². The summed E-state index contributed by atoms with van der Waals surface area (Å²) in [5.41, 5.74) is 1.84. The van der Waals surface area contributed by atoms with Crippen molar-refractivity contribution in [2.24, 2.45) is 0 Å². The van der Waals surface area contributed by atoms with E-state index < -0.39 is 9.84 Å². The first-order valence-corrected chi connectivity index (χ1v) is 7.52. The Balaban J connectivity index is 1.98. The molecular weight excluding hydrogens is 238 g/mol. The second-order valence-corrected chi connectivity index (χ2v) is 6.80. The van der Waals surface area contributed by atoms with Crippen LogP contribution >= 0.6 is 0 Å². The van der Waals surface area contributed by atoms with Crippen LogP contribution in [0.25, 0.3) is 0 Å². The van der Waals surface area contributed by atoms with Crippen LogP contribution in [-0.2, 0) is 22.9 Å². The van der Waals surface area contributed by atoms with E-state index in [0.29, 0.717) is 6.54 Å². The molecule has 1 N–H and O–H groups in total. The topological polar surface area (TPSA) is 72.0 Å². The molecule has 0 radical (unpaired) electrons. The van der Waals surface area contributed by atoms with Crippen molar-refractivity contribution in [3.05, 3.63) is 17.5 Å². The van der Waals surface area contributed by atoms with Crippen LogP contribution in [0.15, 0.2) is 11.4 Å². The van der Waals surface area contributed by atoms with Gasteiger partial charge in [-0.3, -0.25) is 0 Å². The highest BCUT2D eigenvalue weighted by Gasteiger charge is 2.33. The molecule has 0 bridgehead atoms. The molecule has 5 nitrogen and oxygen atoms in total. The normalized spacial score (nSPS) is 20.7. The summed E-state index contributed by atoms with van der Waals surface area (Å²) in [5.74, 6) is 0. The molecule has 1 fully saturated rings. The number of hydrogen-bond acceptors (Lipinski definition) is 5. The second-order valence-electron chi connectivity index (χ2n) is 4.68. The molecule has 2 aliphatic rings. The molecule has 1 aliphatic carbocycles. The zero-order chi connectivity index (χ0) is 11.9. The largest absolute Gasteiger partial charge is 0.307 e. The Bertz CT molecular complexity index is 536. The minimum Gasteiger partial charge on any atom is -0.307 e. The number of hydrogen-bond donors (Lipinski definition) is 1. The van der Waals surface area contributed by atoms with Crippen molar-refractivity contribution in [1.29, 1.82) is 0 Å². The predicted molar refractivity (Wildman–Crippen MR) is 62.0 cm³/mol. The fourth-order valence-corrected chi connectivity index (χ4v) is 4.21. The maximum absolute atomic E-state index is 12.3. The third-order valence-corrected chi connectivity index (χ3v) is 5.59. The van der Waals surface area contributed by atoms with Crippen molar-refractivity contribution in [1.82, 2.24) is 15.3 Å². The Morgan fingerprint density at radius 3 is 2.76 bits per heavy atom. The van der Waals surface area contributed by atoms with E-state index in [9.17, 15) is 8.42 Å². The molecule has 1 aromatic heterocycles. The van der Waals surface area contributed by atoms with Gasteiger partial charge in [-0.2, -0.15) is 0 Å². The molecule has 1 saturated carbocycles. The Morgan fingerprint density at radius 2 is 2.00 bits per heavy atom. The fraction of sp³-hybridized carbons (Fsp3) is 0.636. The molecule has 0 aromatic carbocycles. The first-order chi connectivity index (χ1) is 8.18. The van der Waals surface area contributed by atoms with Crippen molar-refractivity contribution in [2.45, 2.75) is 49.2 Å². The van der Waals surface area contributed by atoms with Gasteiger partial charge in [-0.15, -0.1) is 0 Å². The van der Waals surface area contributed by atoms with Crippen LogP contribution in [0.1, 0.15) is 36.9 Å². The van der Waals surface area contributed by atoms with Crippen LogP contribution in [0, 0.1) is 0 Å². The van der Waals surface area contributed by atoms with Crippen LogP contribution in [0.2, 0.25) is 0 Å². The van der Waals surface area contributed by atoms with Crippen molar-refractivity contribution < 1.29 is 8.42 Å². The second kappa shape index (κ2) is 4.03. The first kappa shape index (κ1) is 11.1. The predicted octanol–water partition coefficient (Wildman–Crippen LogP) is 0.796. The van der Waals surface area contributed by atoms with Gasteiger partial charge in [-0.25, -0.2) is 18.4 Å². The maximum atomic E-state index is 12.3. The monoisotopic (exact) mass is 253 g/mol. The van der Waals surface area contributed by atoms with Crippen LogP contribution in [0.3, 0.4) is 0 Å². The summed E-state index contributed by atoms with van der Waals surface area (Å²) >= 11 is 0. The minimum absolute atomic E-state index is 0.0202. The highest BCUT2D eigenvalue weighted by atomic mass is 32.2. The highest BCUT2D eigenvalue weighted by Crippen LogP contribution is 2.28. The molecule has 3 rings (SSSR count). The van der Waals surface area contributed by atoms with E-state index in [0.717, 1.165) is 43.5 Å². The molecule has 0 saturated heterocycles. The zero-order valence-electron chi connectivity index (χ0n) is 9.52. The lowest BCUT2D eigenvalue weighted by Crippen LogP contribution is -2.20. The zero-order valence-corrected chi connectivity index (χ0v) is 10.3. The van der Waals surface area contributed by atoms with Gasteiger partial charge in [0.05, 0.1) is 10.9 Å². The Morgan fingerprint density at radius 1 is 1.24 bits per heavy atom. The summed E-state index contributed by atoms with van der Waals surface area (Å²) in [6.45, 7) is 1.38. The molecule has 0 atom stereocenters. The van der Waals surface area contributed by atoms with E-state index >= 15 is 0 Å². The van der Waals surface area contributed by atoms with Crippen LogP contribution in [-0.4, -0.2) is 23.6 Å². The Labute approximate surface area is 101 Å². The number of nitrogens with zero attached hydrogens (tertiary/aromatic N) is 2. The molecule has 1 aliphatic heterocycles. The highest BCUT2D eigenvalue weighted by molar-refractivity contribution is 7.91. The quantitative estimate of drug-likeness (QED) is 0.789. The molecular formula is C11H15N3O2S. The van der Waals surface area contributed by atoms with E-state index in [1.165, 1.54) is 0 Å². The van der Waals surface area contributed by atoms with Gasteiger partial charge in [-0.1, -0.05) is 12.8 Å². The fourth-order valence-electron chi connectivity index (χ4n) is 2.52. The van der Waals surface area contributed by atoms with Gasteiger partial charge in [0.15, 0.2) is 0 Å². The minimum atomic E-state index is -3.31. The average Bonchev–Trinajstić information content (AvgIpc) is 2.99. The summed E-state index contributed by atoms with van der Waals surface area (Å²) in [4.78, 5) is 8.24.